The van der Waals surface area contributed by atoms with Gasteiger partial charge in [-0.15, -0.1) is 0 Å². The third kappa shape index (κ3) is 2.99. The van der Waals surface area contributed by atoms with E-state index in [9.17, 15) is 27.7 Å². The van der Waals surface area contributed by atoms with Crippen LogP contribution in [0.2, 0.25) is 0 Å². The molecule has 5 nitrogen and oxygen atoms in total. The smallest absolute Gasteiger partial charge is 0.428 e. The number of nitro benzene ring substituents is 1. The van der Waals surface area contributed by atoms with Crippen LogP contribution in [-0.2, 0) is 10.3 Å². The summed E-state index contributed by atoms with van der Waals surface area (Å²) in [4.78, 5) is 14.1. The minimum atomic E-state index is -4.71. The summed E-state index contributed by atoms with van der Waals surface area (Å²) >= 11 is 0. The number of ether oxygens (including phenoxy) is 1. The Morgan fingerprint density at radius 1 is 1.35 bits per heavy atom. The normalized spacial score (nSPS) is 28.0. The first-order chi connectivity index (χ1) is 10.4. The number of benzene rings is 1. The lowest BCUT2D eigenvalue weighted by Crippen LogP contribution is -2.53. The fourth-order valence-corrected chi connectivity index (χ4v) is 2.78. The summed E-state index contributed by atoms with van der Waals surface area (Å²) in [6.45, 7) is 3.38. The van der Waals surface area contributed by atoms with Crippen molar-refractivity contribution in [2.45, 2.75) is 44.5 Å². The maximum absolute atomic E-state index is 14.1. The summed E-state index contributed by atoms with van der Waals surface area (Å²) in [6, 6.07) is 2.71. The number of halogens is 4. The molecule has 1 aliphatic rings. The molecule has 1 aliphatic heterocycles. The van der Waals surface area contributed by atoms with Crippen LogP contribution >= 0.6 is 0 Å². The lowest BCUT2D eigenvalue weighted by Gasteiger charge is -2.42. The van der Waals surface area contributed by atoms with Gasteiger partial charge in [-0.25, -0.2) is 9.38 Å². The first-order valence-corrected chi connectivity index (χ1v) is 6.65. The molecule has 0 saturated heterocycles. The van der Waals surface area contributed by atoms with Gasteiger partial charge in [-0.2, -0.15) is 13.2 Å². The summed E-state index contributed by atoms with van der Waals surface area (Å²) < 4.78 is 58.8. The van der Waals surface area contributed by atoms with Gasteiger partial charge in [0.05, 0.1) is 10.5 Å². The Bertz CT molecular complexity index is 689. The lowest BCUT2D eigenvalue weighted by molar-refractivity contribution is -0.385. The number of hydrogen-bond acceptors (Lipinski definition) is 4. The molecule has 0 bridgehead atoms. The summed E-state index contributed by atoms with van der Waals surface area (Å²) in [5.74, 6) is -1.12. The highest BCUT2D eigenvalue weighted by Crippen LogP contribution is 2.47. The van der Waals surface area contributed by atoms with Gasteiger partial charge in [0.15, 0.2) is 5.90 Å². The fraction of sp³-hybridized carbons (Fsp3) is 0.500. The molecule has 126 valence electrons. The van der Waals surface area contributed by atoms with E-state index < -0.39 is 40.2 Å². The van der Waals surface area contributed by atoms with Gasteiger partial charge in [0.1, 0.15) is 5.82 Å². The quantitative estimate of drug-likeness (QED) is 0.464. The summed E-state index contributed by atoms with van der Waals surface area (Å²) in [7, 11) is 0. The van der Waals surface area contributed by atoms with Crippen LogP contribution in [-0.4, -0.2) is 22.6 Å². The lowest BCUT2D eigenvalue weighted by atomic mass is 9.80. The van der Waals surface area contributed by atoms with Crippen LogP contribution in [0.1, 0.15) is 32.8 Å². The van der Waals surface area contributed by atoms with Crippen molar-refractivity contribution in [2.24, 2.45) is 4.99 Å². The maximum atomic E-state index is 14.1. The summed E-state index contributed by atoms with van der Waals surface area (Å²) in [6.07, 6.45) is -5.40. The zero-order valence-corrected chi connectivity index (χ0v) is 12.6. The average molecular weight is 334 g/mol. The predicted molar refractivity (Wildman–Crippen MR) is 73.7 cm³/mol. The predicted octanol–water partition coefficient (Wildman–Crippen LogP) is 4.11. The molecular formula is C14H14F4N2O3. The van der Waals surface area contributed by atoms with E-state index in [1.807, 2.05) is 0 Å². The van der Waals surface area contributed by atoms with Crippen LogP contribution in [0.25, 0.3) is 0 Å². The minimum absolute atomic E-state index is 0.260. The molecule has 1 aromatic carbocycles. The molecule has 23 heavy (non-hydrogen) atoms. The molecule has 1 aromatic rings. The molecular weight excluding hydrogens is 320 g/mol. The van der Waals surface area contributed by atoms with Crippen molar-refractivity contribution in [1.29, 1.82) is 0 Å². The Kier molecular flexibility index (Phi) is 3.86. The van der Waals surface area contributed by atoms with Gasteiger partial charge in [-0.1, -0.05) is 0 Å². The Balaban J connectivity index is 2.59. The molecule has 0 spiro atoms. The highest BCUT2D eigenvalue weighted by Gasteiger charge is 2.59. The highest BCUT2D eigenvalue weighted by molar-refractivity contribution is 5.75. The standard InChI is InChI=1S/C14H14F4N2O3/c1-8-19-12(2,7-13(3,23-8)14(16,17)18)10-6-9(20(21)22)4-5-11(10)15/h4-6H,7H2,1-3H3/t12-,13-/m0/s1. The van der Waals surface area contributed by atoms with E-state index in [0.29, 0.717) is 0 Å². The van der Waals surface area contributed by atoms with Gasteiger partial charge < -0.3 is 4.74 Å². The maximum Gasteiger partial charge on any atom is 0.428 e. The monoisotopic (exact) mass is 334 g/mol. The SMILES string of the molecule is CC1=N[C@](C)(c2cc([N+](=O)[O-])ccc2F)C[C@@](C)(C(F)(F)F)O1. The molecule has 0 radical (unpaired) electrons. The number of aliphatic imine (C=N–C) groups is 1. The fourth-order valence-electron chi connectivity index (χ4n) is 2.78. The Hall–Kier alpha value is -2.19. The van der Waals surface area contributed by atoms with Crippen LogP contribution in [0.15, 0.2) is 23.2 Å². The summed E-state index contributed by atoms with van der Waals surface area (Å²) in [5.41, 5.74) is -4.90. The second-order valence-electron chi connectivity index (χ2n) is 5.83. The first kappa shape index (κ1) is 17.2. The zero-order chi connectivity index (χ0) is 17.6. The molecule has 2 rings (SSSR count). The third-order valence-electron chi connectivity index (χ3n) is 3.80. The van der Waals surface area contributed by atoms with Gasteiger partial charge in [-0.3, -0.25) is 10.1 Å². The number of hydrogen-bond donors (Lipinski definition) is 0. The largest absolute Gasteiger partial charge is 0.465 e. The number of non-ortho nitro benzene ring substituents is 1. The molecule has 0 saturated carbocycles. The molecule has 0 unspecified atom stereocenters. The first-order valence-electron chi connectivity index (χ1n) is 6.65. The molecule has 1 heterocycles. The molecule has 0 aromatic heterocycles. The van der Waals surface area contributed by atoms with E-state index in [0.717, 1.165) is 25.1 Å². The van der Waals surface area contributed by atoms with Crippen LogP contribution in [0.3, 0.4) is 0 Å². The number of alkyl halides is 3. The molecule has 2 atom stereocenters. The van der Waals surface area contributed by atoms with E-state index >= 15 is 0 Å². The van der Waals surface area contributed by atoms with Crippen LogP contribution in [0.4, 0.5) is 23.2 Å². The second-order valence-corrected chi connectivity index (χ2v) is 5.83. The molecule has 0 aliphatic carbocycles. The van der Waals surface area contributed by atoms with Crippen molar-refractivity contribution in [3.05, 3.63) is 39.7 Å². The van der Waals surface area contributed by atoms with Crippen molar-refractivity contribution in [1.82, 2.24) is 0 Å². The number of rotatable bonds is 2. The van der Waals surface area contributed by atoms with Crippen molar-refractivity contribution in [2.75, 3.05) is 0 Å². The number of nitrogens with zero attached hydrogens (tertiary/aromatic N) is 2. The molecule has 0 fully saturated rings. The van der Waals surface area contributed by atoms with Crippen LogP contribution < -0.4 is 0 Å². The van der Waals surface area contributed by atoms with E-state index in [1.54, 1.807) is 0 Å². The van der Waals surface area contributed by atoms with Crippen LogP contribution in [0.5, 0.6) is 0 Å². The molecule has 0 amide bonds. The molecule has 9 heteroatoms. The second kappa shape index (κ2) is 5.17. The Morgan fingerprint density at radius 3 is 2.48 bits per heavy atom. The third-order valence-corrected chi connectivity index (χ3v) is 3.80. The van der Waals surface area contributed by atoms with Gasteiger partial charge >= 0.3 is 6.18 Å². The van der Waals surface area contributed by atoms with Gasteiger partial charge in [0, 0.05) is 31.0 Å². The van der Waals surface area contributed by atoms with E-state index in [-0.39, 0.29) is 11.5 Å². The van der Waals surface area contributed by atoms with Crippen molar-refractivity contribution < 1.29 is 27.2 Å². The van der Waals surface area contributed by atoms with E-state index in [2.05, 4.69) is 4.99 Å². The van der Waals surface area contributed by atoms with Gasteiger partial charge in [0.25, 0.3) is 5.69 Å². The average Bonchev–Trinajstić information content (AvgIpc) is 2.35. The minimum Gasteiger partial charge on any atom is -0.465 e. The van der Waals surface area contributed by atoms with Gasteiger partial charge in [0.2, 0.25) is 5.60 Å². The Labute approximate surface area is 129 Å². The van der Waals surface area contributed by atoms with Crippen molar-refractivity contribution in [3.63, 3.8) is 0 Å². The zero-order valence-electron chi connectivity index (χ0n) is 12.6. The Morgan fingerprint density at radius 2 is 1.96 bits per heavy atom. The van der Waals surface area contributed by atoms with Crippen molar-refractivity contribution in [3.8, 4) is 0 Å². The van der Waals surface area contributed by atoms with E-state index in [1.165, 1.54) is 13.8 Å². The number of nitro groups is 1. The topological polar surface area (TPSA) is 64.7 Å². The highest BCUT2D eigenvalue weighted by atomic mass is 19.4. The van der Waals surface area contributed by atoms with Crippen LogP contribution in [0, 0.1) is 15.9 Å². The summed E-state index contributed by atoms with van der Waals surface area (Å²) in [5, 5.41) is 10.8. The van der Waals surface area contributed by atoms with E-state index in [4.69, 9.17) is 4.74 Å². The van der Waals surface area contributed by atoms with Crippen molar-refractivity contribution >= 4 is 11.6 Å². The molecule has 0 N–H and O–H groups in total. The van der Waals surface area contributed by atoms with Gasteiger partial charge in [-0.05, 0) is 19.9 Å².